The molecule has 1 N–H and O–H groups in total. The van der Waals surface area contributed by atoms with E-state index >= 15 is 0 Å². The molecule has 0 saturated carbocycles. The first-order chi connectivity index (χ1) is 11.9. The molecule has 7 heteroatoms. The number of benzene rings is 2. The van der Waals surface area contributed by atoms with Crippen molar-refractivity contribution in [1.82, 2.24) is 0 Å². The summed E-state index contributed by atoms with van der Waals surface area (Å²) < 4.78 is 18.6. The zero-order valence-electron chi connectivity index (χ0n) is 13.9. The quantitative estimate of drug-likeness (QED) is 0.846. The van der Waals surface area contributed by atoms with Gasteiger partial charge in [0.15, 0.2) is 0 Å². The number of ether oxygens (including phenoxy) is 1. The fraction of sp³-hybridized carbons (Fsp3) is 0.222. The Labute approximate surface area is 150 Å². The van der Waals surface area contributed by atoms with E-state index in [0.717, 1.165) is 6.07 Å². The van der Waals surface area contributed by atoms with E-state index in [1.54, 1.807) is 24.3 Å². The number of carbonyl (C=O) groups is 2. The molecule has 0 aliphatic heterocycles. The third-order valence-corrected chi connectivity index (χ3v) is 3.64. The summed E-state index contributed by atoms with van der Waals surface area (Å²) in [6, 6.07) is 10.7. The molecule has 2 aromatic rings. The Bertz CT molecular complexity index is 765. The second kappa shape index (κ2) is 8.48. The van der Waals surface area contributed by atoms with Crippen molar-refractivity contribution in [3.05, 3.63) is 53.3 Å². The molecule has 132 valence electrons. The van der Waals surface area contributed by atoms with Crippen LogP contribution >= 0.6 is 11.6 Å². The number of hydrogen-bond acceptors (Lipinski definition) is 3. The first-order valence-corrected chi connectivity index (χ1v) is 8.04. The zero-order valence-corrected chi connectivity index (χ0v) is 14.6. The van der Waals surface area contributed by atoms with Crippen LogP contribution in [0.4, 0.5) is 15.8 Å². The molecule has 2 amide bonds. The molecule has 0 aliphatic carbocycles. The highest BCUT2D eigenvalue weighted by atomic mass is 35.5. The second-order valence-electron chi connectivity index (χ2n) is 5.21. The molecule has 0 bridgehead atoms. The molecule has 0 saturated heterocycles. The van der Waals surface area contributed by atoms with E-state index in [4.69, 9.17) is 16.3 Å². The van der Waals surface area contributed by atoms with Crippen molar-refractivity contribution in [2.24, 2.45) is 0 Å². The van der Waals surface area contributed by atoms with E-state index in [0.29, 0.717) is 23.7 Å². The summed E-state index contributed by atoms with van der Waals surface area (Å²) in [5, 5.41) is 2.58. The predicted molar refractivity (Wildman–Crippen MR) is 95.7 cm³/mol. The molecule has 0 radical (unpaired) electrons. The van der Waals surface area contributed by atoms with Crippen LogP contribution in [0.15, 0.2) is 42.5 Å². The van der Waals surface area contributed by atoms with Crippen molar-refractivity contribution in [3.63, 3.8) is 0 Å². The fourth-order valence-corrected chi connectivity index (χ4v) is 2.36. The minimum absolute atomic E-state index is 0.115. The van der Waals surface area contributed by atoms with Gasteiger partial charge in [0, 0.05) is 18.3 Å². The van der Waals surface area contributed by atoms with Gasteiger partial charge >= 0.3 is 0 Å². The van der Waals surface area contributed by atoms with Crippen molar-refractivity contribution in [1.29, 1.82) is 0 Å². The summed E-state index contributed by atoms with van der Waals surface area (Å²) in [7, 11) is 0. The number of carbonyl (C=O) groups excluding carboxylic acids is 2. The van der Waals surface area contributed by atoms with Crippen molar-refractivity contribution in [3.8, 4) is 5.75 Å². The average Bonchev–Trinajstić information content (AvgIpc) is 2.57. The van der Waals surface area contributed by atoms with Gasteiger partial charge in [0.25, 0.3) is 0 Å². The minimum Gasteiger partial charge on any atom is -0.494 e. The highest BCUT2D eigenvalue weighted by molar-refractivity contribution is 6.31. The minimum atomic E-state index is -0.590. The molecular weight excluding hydrogens is 347 g/mol. The first-order valence-electron chi connectivity index (χ1n) is 7.66. The number of rotatable bonds is 6. The lowest BCUT2D eigenvalue weighted by Gasteiger charge is -2.21. The van der Waals surface area contributed by atoms with Gasteiger partial charge in [-0.05, 0) is 49.4 Å². The lowest BCUT2D eigenvalue weighted by atomic mass is 10.2. The molecule has 0 atom stereocenters. The van der Waals surface area contributed by atoms with E-state index in [-0.39, 0.29) is 23.4 Å². The van der Waals surface area contributed by atoms with E-state index in [1.807, 2.05) is 6.92 Å². The van der Waals surface area contributed by atoms with Gasteiger partial charge in [-0.15, -0.1) is 0 Å². The maximum atomic E-state index is 13.3. The molecule has 0 spiro atoms. The van der Waals surface area contributed by atoms with Crippen molar-refractivity contribution >= 4 is 34.8 Å². The number of amides is 2. The zero-order chi connectivity index (χ0) is 18.4. The molecule has 0 aliphatic rings. The summed E-state index contributed by atoms with van der Waals surface area (Å²) in [4.78, 5) is 25.3. The topological polar surface area (TPSA) is 58.6 Å². The Kier molecular flexibility index (Phi) is 6.36. The SMILES string of the molecule is CCOc1ccc(NC(=O)CN(C(C)=O)c2ccc(F)c(Cl)c2)cc1. The van der Waals surface area contributed by atoms with Gasteiger partial charge in [-0.3, -0.25) is 9.59 Å². The summed E-state index contributed by atoms with van der Waals surface area (Å²) in [6.07, 6.45) is 0. The highest BCUT2D eigenvalue weighted by Gasteiger charge is 2.17. The van der Waals surface area contributed by atoms with Crippen LogP contribution in [0.2, 0.25) is 5.02 Å². The van der Waals surface area contributed by atoms with Gasteiger partial charge < -0.3 is 15.0 Å². The molecule has 2 rings (SSSR count). The van der Waals surface area contributed by atoms with Gasteiger partial charge in [0.1, 0.15) is 18.1 Å². The largest absolute Gasteiger partial charge is 0.494 e. The Balaban J connectivity index is 2.07. The van der Waals surface area contributed by atoms with E-state index < -0.39 is 5.82 Å². The summed E-state index contributed by atoms with van der Waals surface area (Å²) in [5.41, 5.74) is 0.926. The molecule has 0 heterocycles. The normalized spacial score (nSPS) is 10.2. The number of nitrogens with zero attached hydrogens (tertiary/aromatic N) is 1. The van der Waals surface area contributed by atoms with Gasteiger partial charge in [0.05, 0.1) is 11.6 Å². The average molecular weight is 365 g/mol. The van der Waals surface area contributed by atoms with Gasteiger partial charge in [-0.25, -0.2) is 4.39 Å². The molecular formula is C18H18ClFN2O3. The molecule has 25 heavy (non-hydrogen) atoms. The Morgan fingerprint density at radius 2 is 1.88 bits per heavy atom. The van der Waals surface area contributed by atoms with E-state index in [1.165, 1.54) is 24.0 Å². The van der Waals surface area contributed by atoms with E-state index in [9.17, 15) is 14.0 Å². The Hall–Kier alpha value is -2.60. The smallest absolute Gasteiger partial charge is 0.244 e. The monoisotopic (exact) mass is 364 g/mol. The molecule has 5 nitrogen and oxygen atoms in total. The maximum Gasteiger partial charge on any atom is 0.244 e. The van der Waals surface area contributed by atoms with Crippen LogP contribution in [0.5, 0.6) is 5.75 Å². The van der Waals surface area contributed by atoms with Crippen LogP contribution in [0.25, 0.3) is 0 Å². The number of hydrogen-bond donors (Lipinski definition) is 1. The lowest BCUT2D eigenvalue weighted by Crippen LogP contribution is -2.36. The van der Waals surface area contributed by atoms with Crippen LogP contribution in [0.1, 0.15) is 13.8 Å². The molecule has 0 unspecified atom stereocenters. The van der Waals surface area contributed by atoms with Gasteiger partial charge in [0.2, 0.25) is 11.8 Å². The summed E-state index contributed by atoms with van der Waals surface area (Å²) in [6.45, 7) is 3.54. The number of nitrogens with one attached hydrogen (secondary N) is 1. The van der Waals surface area contributed by atoms with Crippen LogP contribution in [-0.2, 0) is 9.59 Å². The van der Waals surface area contributed by atoms with Crippen molar-refractivity contribution in [2.45, 2.75) is 13.8 Å². The molecule has 0 aromatic heterocycles. The lowest BCUT2D eigenvalue weighted by molar-refractivity contribution is -0.120. The summed E-state index contributed by atoms with van der Waals surface area (Å²) >= 11 is 5.74. The predicted octanol–water partition coefficient (Wildman–Crippen LogP) is 3.87. The Morgan fingerprint density at radius 3 is 2.44 bits per heavy atom. The van der Waals surface area contributed by atoms with Crippen LogP contribution in [-0.4, -0.2) is 25.0 Å². The molecule has 0 fully saturated rings. The first kappa shape index (κ1) is 18.7. The van der Waals surface area contributed by atoms with Crippen LogP contribution in [0, 0.1) is 5.82 Å². The fourth-order valence-electron chi connectivity index (χ4n) is 2.18. The van der Waals surface area contributed by atoms with Crippen molar-refractivity contribution < 1.29 is 18.7 Å². The van der Waals surface area contributed by atoms with Crippen LogP contribution in [0.3, 0.4) is 0 Å². The van der Waals surface area contributed by atoms with Crippen LogP contribution < -0.4 is 15.0 Å². The number of halogens is 2. The maximum absolute atomic E-state index is 13.3. The van der Waals surface area contributed by atoms with Gasteiger partial charge in [-0.1, -0.05) is 11.6 Å². The standard InChI is InChI=1S/C18H18ClFN2O3/c1-3-25-15-7-4-13(5-8-15)21-18(24)11-22(12(2)23)14-6-9-17(20)16(19)10-14/h4-10H,3,11H2,1-2H3,(H,21,24). The second-order valence-corrected chi connectivity index (χ2v) is 5.62. The van der Waals surface area contributed by atoms with Gasteiger partial charge in [-0.2, -0.15) is 0 Å². The Morgan fingerprint density at radius 1 is 1.20 bits per heavy atom. The molecule has 2 aromatic carbocycles. The number of anilines is 2. The third kappa shape index (κ3) is 5.19. The van der Waals surface area contributed by atoms with E-state index in [2.05, 4.69) is 5.32 Å². The third-order valence-electron chi connectivity index (χ3n) is 3.35. The summed E-state index contributed by atoms with van der Waals surface area (Å²) in [5.74, 6) is -0.635. The van der Waals surface area contributed by atoms with Crippen molar-refractivity contribution in [2.75, 3.05) is 23.4 Å². The highest BCUT2D eigenvalue weighted by Crippen LogP contribution is 2.23.